The number of para-hydroxylation sites is 1. The van der Waals surface area contributed by atoms with E-state index in [9.17, 15) is 18.0 Å². The number of halogens is 4. The average Bonchev–Trinajstić information content (AvgIpc) is 3.09. The number of hydrogen-bond donors (Lipinski definition) is 1. The molecule has 1 N–H and O–H groups in total. The maximum atomic E-state index is 13.1. The Balaban J connectivity index is 1.82. The van der Waals surface area contributed by atoms with Crippen LogP contribution in [0.4, 0.5) is 23.9 Å². The molecule has 1 aromatic heterocycles. The number of hydrogen-bond acceptors (Lipinski definition) is 3. The molecule has 3 rings (SSSR count). The first-order valence-electron chi connectivity index (χ1n) is 7.69. The lowest BCUT2D eigenvalue weighted by Crippen LogP contribution is -2.16. The Bertz CT molecular complexity index is 981. The van der Waals surface area contributed by atoms with E-state index >= 15 is 0 Å². The lowest BCUT2D eigenvalue weighted by atomic mass is 10.1. The van der Waals surface area contributed by atoms with E-state index in [1.165, 1.54) is 35.6 Å². The molecule has 2 aromatic carbocycles. The Morgan fingerprint density at radius 3 is 2.48 bits per heavy atom. The van der Waals surface area contributed by atoms with E-state index in [0.717, 1.165) is 11.6 Å². The Labute approximate surface area is 162 Å². The zero-order valence-electron chi connectivity index (χ0n) is 13.6. The van der Waals surface area contributed by atoms with E-state index in [-0.39, 0.29) is 11.3 Å². The van der Waals surface area contributed by atoms with Crippen molar-refractivity contribution in [2.24, 2.45) is 4.99 Å². The Kier molecular flexibility index (Phi) is 5.62. The first-order valence-corrected chi connectivity index (χ1v) is 8.95. The second-order valence-electron chi connectivity index (χ2n) is 5.45. The Hall–Kier alpha value is -2.64. The fourth-order valence-corrected chi connectivity index (χ4v) is 3.15. The average molecular weight is 409 g/mol. The molecular formula is C19H12ClF3N2OS. The van der Waals surface area contributed by atoms with Crippen LogP contribution in [-0.4, -0.2) is 12.1 Å². The molecule has 0 aliphatic carbocycles. The fourth-order valence-electron chi connectivity index (χ4n) is 2.29. The highest BCUT2D eigenvalue weighted by atomic mass is 35.5. The number of amides is 1. The van der Waals surface area contributed by atoms with Crippen molar-refractivity contribution in [2.45, 2.75) is 6.18 Å². The lowest BCUT2D eigenvalue weighted by Gasteiger charge is -2.13. The lowest BCUT2D eigenvalue weighted by molar-refractivity contribution is -0.136. The number of thiophene rings is 1. The van der Waals surface area contributed by atoms with Gasteiger partial charge in [0.2, 0.25) is 0 Å². The van der Waals surface area contributed by atoms with Gasteiger partial charge in [-0.2, -0.15) is 13.2 Å². The van der Waals surface area contributed by atoms with Gasteiger partial charge in [-0.05, 0) is 41.3 Å². The van der Waals surface area contributed by atoms with Gasteiger partial charge in [-0.15, -0.1) is 11.3 Å². The molecule has 0 unspecified atom stereocenters. The summed E-state index contributed by atoms with van der Waals surface area (Å²) in [6.07, 6.45) is -3.00. The largest absolute Gasteiger partial charge is 0.418 e. The third-order valence-electron chi connectivity index (χ3n) is 3.57. The number of carbonyl (C=O) groups is 1. The van der Waals surface area contributed by atoms with Crippen LogP contribution in [0.25, 0.3) is 0 Å². The first kappa shape index (κ1) is 19.1. The molecule has 0 aliphatic rings. The summed E-state index contributed by atoms with van der Waals surface area (Å²) in [5, 5.41) is 4.96. The number of anilines is 1. The number of nitrogens with zero attached hydrogens (tertiary/aromatic N) is 1. The Morgan fingerprint density at radius 1 is 1.07 bits per heavy atom. The molecule has 0 atom stereocenters. The molecule has 138 valence electrons. The molecule has 0 bridgehead atoms. The number of alkyl halides is 3. The monoisotopic (exact) mass is 408 g/mol. The van der Waals surface area contributed by atoms with Crippen LogP contribution in [0.5, 0.6) is 0 Å². The predicted molar refractivity (Wildman–Crippen MR) is 102 cm³/mol. The third kappa shape index (κ3) is 4.75. The number of carbonyl (C=O) groups excluding carboxylic acids is 1. The predicted octanol–water partition coefficient (Wildman–Crippen LogP) is 6.42. The van der Waals surface area contributed by atoms with Gasteiger partial charge in [0.15, 0.2) is 0 Å². The maximum absolute atomic E-state index is 13.1. The summed E-state index contributed by atoms with van der Waals surface area (Å²) < 4.78 is 39.2. The summed E-state index contributed by atoms with van der Waals surface area (Å²) in [4.78, 5) is 16.7. The zero-order valence-corrected chi connectivity index (χ0v) is 15.2. The van der Waals surface area contributed by atoms with Crippen molar-refractivity contribution in [3.63, 3.8) is 0 Å². The van der Waals surface area contributed by atoms with Crippen LogP contribution in [0.2, 0.25) is 5.02 Å². The van der Waals surface area contributed by atoms with Gasteiger partial charge in [0.05, 0.1) is 16.8 Å². The second kappa shape index (κ2) is 7.94. The molecule has 3 nitrogen and oxygen atoms in total. The maximum Gasteiger partial charge on any atom is 0.418 e. The zero-order chi connectivity index (χ0) is 19.4. The molecule has 3 aromatic rings. The molecule has 0 saturated heterocycles. The quantitative estimate of drug-likeness (QED) is 0.497. The third-order valence-corrected chi connectivity index (χ3v) is 4.64. The van der Waals surface area contributed by atoms with Crippen LogP contribution < -0.4 is 5.32 Å². The van der Waals surface area contributed by atoms with Crippen molar-refractivity contribution in [2.75, 3.05) is 5.32 Å². The van der Waals surface area contributed by atoms with Crippen molar-refractivity contribution >= 4 is 45.7 Å². The summed E-state index contributed by atoms with van der Waals surface area (Å²) >= 11 is 7.04. The van der Waals surface area contributed by atoms with Gasteiger partial charge in [-0.3, -0.25) is 4.79 Å². The van der Waals surface area contributed by atoms with Crippen molar-refractivity contribution < 1.29 is 18.0 Å². The van der Waals surface area contributed by atoms with Crippen molar-refractivity contribution in [3.8, 4) is 0 Å². The molecule has 8 heteroatoms. The molecule has 0 fully saturated rings. The fraction of sp³-hybridized carbons (Fsp3) is 0.0526. The van der Waals surface area contributed by atoms with E-state index in [0.29, 0.717) is 10.0 Å². The normalized spacial score (nSPS) is 11.7. The topological polar surface area (TPSA) is 41.5 Å². The minimum Gasteiger partial charge on any atom is -0.321 e. The van der Waals surface area contributed by atoms with E-state index in [2.05, 4.69) is 10.3 Å². The van der Waals surface area contributed by atoms with Gasteiger partial charge in [0, 0.05) is 11.2 Å². The van der Waals surface area contributed by atoms with Crippen LogP contribution in [-0.2, 0) is 6.18 Å². The standard InChI is InChI=1S/C19H12ClF3N2OS/c20-13-7-5-12(6-8-13)11-24-18-14(9-10-27-18)17(26)25-16-4-2-1-3-15(16)19(21,22)23/h1-11H,(H,25,26). The summed E-state index contributed by atoms with van der Waals surface area (Å²) in [6.45, 7) is 0. The second-order valence-corrected chi connectivity index (χ2v) is 6.78. The first-order chi connectivity index (χ1) is 12.8. The molecule has 0 aliphatic heterocycles. The number of benzene rings is 2. The summed E-state index contributed by atoms with van der Waals surface area (Å²) in [5.74, 6) is -0.656. The van der Waals surface area contributed by atoms with Gasteiger partial charge in [0.25, 0.3) is 5.91 Å². The summed E-state index contributed by atoms with van der Waals surface area (Å²) in [6, 6.07) is 13.3. The SMILES string of the molecule is O=C(Nc1ccccc1C(F)(F)F)c1ccsc1N=Cc1ccc(Cl)cc1. The molecule has 27 heavy (non-hydrogen) atoms. The van der Waals surface area contributed by atoms with E-state index < -0.39 is 17.6 Å². The van der Waals surface area contributed by atoms with E-state index in [1.807, 2.05) is 0 Å². The van der Waals surface area contributed by atoms with Crippen molar-refractivity contribution in [3.05, 3.63) is 81.7 Å². The summed E-state index contributed by atoms with van der Waals surface area (Å²) in [5.41, 5.74) is -0.225. The Morgan fingerprint density at radius 2 is 1.78 bits per heavy atom. The molecule has 0 radical (unpaired) electrons. The minimum absolute atomic E-state index is 0.196. The highest BCUT2D eigenvalue weighted by Crippen LogP contribution is 2.35. The number of aliphatic imine (C=N–C) groups is 1. The van der Waals surface area contributed by atoms with E-state index in [1.54, 1.807) is 35.9 Å². The minimum atomic E-state index is -4.56. The van der Waals surface area contributed by atoms with Crippen LogP contribution in [0.15, 0.2) is 65.0 Å². The molecule has 0 saturated carbocycles. The van der Waals surface area contributed by atoms with Gasteiger partial charge in [-0.25, -0.2) is 4.99 Å². The number of rotatable bonds is 4. The highest BCUT2D eigenvalue weighted by molar-refractivity contribution is 7.14. The van der Waals surface area contributed by atoms with Crippen LogP contribution >= 0.6 is 22.9 Å². The van der Waals surface area contributed by atoms with Gasteiger partial charge >= 0.3 is 6.18 Å². The van der Waals surface area contributed by atoms with E-state index in [4.69, 9.17) is 11.6 Å². The molecule has 1 amide bonds. The van der Waals surface area contributed by atoms with Crippen molar-refractivity contribution in [1.29, 1.82) is 0 Å². The van der Waals surface area contributed by atoms with Crippen LogP contribution in [0.3, 0.4) is 0 Å². The smallest absolute Gasteiger partial charge is 0.321 e. The highest BCUT2D eigenvalue weighted by Gasteiger charge is 2.33. The van der Waals surface area contributed by atoms with Crippen LogP contribution in [0, 0.1) is 0 Å². The number of nitrogens with one attached hydrogen (secondary N) is 1. The van der Waals surface area contributed by atoms with Gasteiger partial charge in [-0.1, -0.05) is 35.9 Å². The summed E-state index contributed by atoms with van der Waals surface area (Å²) in [7, 11) is 0. The van der Waals surface area contributed by atoms with Gasteiger partial charge in [0.1, 0.15) is 5.00 Å². The molecule has 0 spiro atoms. The molecule has 1 heterocycles. The van der Waals surface area contributed by atoms with Crippen molar-refractivity contribution in [1.82, 2.24) is 0 Å². The molecular weight excluding hydrogens is 397 g/mol. The van der Waals surface area contributed by atoms with Crippen LogP contribution in [0.1, 0.15) is 21.5 Å². The van der Waals surface area contributed by atoms with Gasteiger partial charge < -0.3 is 5.32 Å².